The van der Waals surface area contributed by atoms with Gasteiger partial charge in [0, 0.05) is 26.0 Å². The second-order valence-corrected chi connectivity index (χ2v) is 7.70. The summed E-state index contributed by atoms with van der Waals surface area (Å²) in [4.78, 5) is 12.4. The van der Waals surface area contributed by atoms with Crippen molar-refractivity contribution in [2.75, 3.05) is 0 Å². The van der Waals surface area contributed by atoms with Gasteiger partial charge >= 0.3 is 0 Å². The zero-order valence-corrected chi connectivity index (χ0v) is 15.4. The number of carbonyl (C=O) groups excluding carboxylic acids is 1. The minimum Gasteiger partial charge on any atom is -0.349 e. The molecule has 2 aromatic rings. The molecule has 0 heterocycles. The fraction of sp³-hybridized carbons (Fsp3) is 0.278. The highest BCUT2D eigenvalue weighted by atomic mass is 79.9. The van der Waals surface area contributed by atoms with Crippen LogP contribution in [0.15, 0.2) is 57.5 Å². The third-order valence-electron chi connectivity index (χ3n) is 4.47. The van der Waals surface area contributed by atoms with Gasteiger partial charge in [0.2, 0.25) is 0 Å². The Bertz CT molecular complexity index is 692. The first-order chi connectivity index (χ1) is 10.5. The molecule has 0 radical (unpaired) electrons. The molecule has 114 valence electrons. The summed E-state index contributed by atoms with van der Waals surface area (Å²) in [5, 5.41) is 3.17. The van der Waals surface area contributed by atoms with E-state index in [1.165, 1.54) is 5.56 Å². The number of carbonyl (C=O) groups is 1. The van der Waals surface area contributed by atoms with Crippen molar-refractivity contribution in [2.24, 2.45) is 0 Å². The molecule has 1 aliphatic rings. The standard InChI is InChI=1S/C18H17Br2NO/c1-12(21-17(22)13-3-2-4-16(20)11-13)18(9-10-18)14-5-7-15(19)8-6-14/h2-8,11-12H,9-10H2,1H3,(H,21,22). The summed E-state index contributed by atoms with van der Waals surface area (Å²) in [6.07, 6.45) is 2.24. The molecule has 0 spiro atoms. The van der Waals surface area contributed by atoms with E-state index in [4.69, 9.17) is 0 Å². The molecule has 0 saturated heterocycles. The molecule has 0 bridgehead atoms. The largest absolute Gasteiger partial charge is 0.349 e. The van der Waals surface area contributed by atoms with Gasteiger partial charge in [-0.2, -0.15) is 0 Å². The number of halogens is 2. The molecule has 4 heteroatoms. The average Bonchev–Trinajstić information content (AvgIpc) is 3.29. The Kier molecular flexibility index (Phi) is 4.42. The first-order valence-corrected chi connectivity index (χ1v) is 8.92. The molecule has 2 nitrogen and oxygen atoms in total. The Labute approximate surface area is 147 Å². The fourth-order valence-electron chi connectivity index (χ4n) is 2.94. The van der Waals surface area contributed by atoms with Crippen molar-refractivity contribution in [3.8, 4) is 0 Å². The predicted molar refractivity (Wildman–Crippen MR) is 96.1 cm³/mol. The van der Waals surface area contributed by atoms with Crippen LogP contribution >= 0.6 is 31.9 Å². The third-order valence-corrected chi connectivity index (χ3v) is 5.49. The normalized spacial score (nSPS) is 16.9. The van der Waals surface area contributed by atoms with Gasteiger partial charge in [0.15, 0.2) is 0 Å². The maximum atomic E-state index is 12.4. The van der Waals surface area contributed by atoms with Crippen LogP contribution in [0.5, 0.6) is 0 Å². The van der Waals surface area contributed by atoms with E-state index in [2.05, 4.69) is 68.4 Å². The summed E-state index contributed by atoms with van der Waals surface area (Å²) in [6.45, 7) is 2.10. The lowest BCUT2D eigenvalue weighted by Crippen LogP contribution is -2.41. The van der Waals surface area contributed by atoms with Gasteiger partial charge in [-0.05, 0) is 55.7 Å². The van der Waals surface area contributed by atoms with Crippen LogP contribution < -0.4 is 5.32 Å². The van der Waals surface area contributed by atoms with Gasteiger partial charge in [0.1, 0.15) is 0 Å². The van der Waals surface area contributed by atoms with Crippen LogP contribution in [0.1, 0.15) is 35.7 Å². The molecule has 1 amide bonds. The molecule has 3 rings (SSSR count). The van der Waals surface area contributed by atoms with Crippen LogP contribution in [0.4, 0.5) is 0 Å². The van der Waals surface area contributed by atoms with Crippen molar-refractivity contribution in [1.29, 1.82) is 0 Å². The minimum atomic E-state index is -0.0165. The predicted octanol–water partition coefficient (Wildman–Crippen LogP) is 5.06. The molecule has 1 atom stereocenters. The Morgan fingerprint density at radius 1 is 1.09 bits per heavy atom. The maximum Gasteiger partial charge on any atom is 0.251 e. The van der Waals surface area contributed by atoms with Crippen LogP contribution in [0, 0.1) is 0 Å². The molecule has 0 aromatic heterocycles. The summed E-state index contributed by atoms with van der Waals surface area (Å²) in [6, 6.07) is 16.0. The number of hydrogen-bond donors (Lipinski definition) is 1. The van der Waals surface area contributed by atoms with Crippen molar-refractivity contribution in [3.63, 3.8) is 0 Å². The van der Waals surface area contributed by atoms with Crippen molar-refractivity contribution < 1.29 is 4.79 Å². The molecule has 1 fully saturated rings. The first kappa shape index (κ1) is 15.8. The number of amides is 1. The van der Waals surface area contributed by atoms with Crippen molar-refractivity contribution >= 4 is 37.8 Å². The average molecular weight is 423 g/mol. The van der Waals surface area contributed by atoms with Crippen LogP contribution in [0.3, 0.4) is 0 Å². The Morgan fingerprint density at radius 2 is 1.77 bits per heavy atom. The highest BCUT2D eigenvalue weighted by molar-refractivity contribution is 9.10. The van der Waals surface area contributed by atoms with Gasteiger partial charge in [0.05, 0.1) is 0 Å². The SMILES string of the molecule is CC(NC(=O)c1cccc(Br)c1)C1(c2ccc(Br)cc2)CC1. The van der Waals surface area contributed by atoms with Gasteiger partial charge < -0.3 is 5.32 Å². The second-order valence-electron chi connectivity index (χ2n) is 5.87. The molecule has 1 aliphatic carbocycles. The number of hydrogen-bond acceptors (Lipinski definition) is 1. The second kappa shape index (κ2) is 6.17. The highest BCUT2D eigenvalue weighted by Crippen LogP contribution is 2.51. The van der Waals surface area contributed by atoms with E-state index in [0.29, 0.717) is 5.56 Å². The zero-order valence-electron chi connectivity index (χ0n) is 12.3. The van der Waals surface area contributed by atoms with Gasteiger partial charge in [-0.25, -0.2) is 0 Å². The van der Waals surface area contributed by atoms with Gasteiger partial charge in [-0.15, -0.1) is 0 Å². The molecule has 1 unspecified atom stereocenters. The van der Waals surface area contributed by atoms with Crippen molar-refractivity contribution in [3.05, 3.63) is 68.6 Å². The van der Waals surface area contributed by atoms with Crippen molar-refractivity contribution in [1.82, 2.24) is 5.32 Å². The molecule has 1 saturated carbocycles. The molecule has 1 N–H and O–H groups in total. The number of benzene rings is 2. The van der Waals surface area contributed by atoms with Crippen LogP contribution in [0.2, 0.25) is 0 Å². The van der Waals surface area contributed by atoms with E-state index in [9.17, 15) is 4.79 Å². The van der Waals surface area contributed by atoms with Gasteiger partial charge in [0.25, 0.3) is 5.91 Å². The fourth-order valence-corrected chi connectivity index (χ4v) is 3.60. The lowest BCUT2D eigenvalue weighted by Gasteiger charge is -2.25. The van der Waals surface area contributed by atoms with E-state index in [1.54, 1.807) is 0 Å². The maximum absolute atomic E-state index is 12.4. The van der Waals surface area contributed by atoms with Gasteiger partial charge in [-0.1, -0.05) is 50.1 Å². The Balaban J connectivity index is 1.75. The molecule has 0 aliphatic heterocycles. The molecular weight excluding hydrogens is 406 g/mol. The summed E-state index contributed by atoms with van der Waals surface area (Å²) < 4.78 is 2.00. The molecule has 2 aromatic carbocycles. The highest BCUT2D eigenvalue weighted by Gasteiger charge is 2.49. The number of rotatable bonds is 4. The minimum absolute atomic E-state index is 0.0165. The molecule has 22 heavy (non-hydrogen) atoms. The van der Waals surface area contributed by atoms with Crippen molar-refractivity contribution in [2.45, 2.75) is 31.2 Å². The van der Waals surface area contributed by atoms with E-state index in [-0.39, 0.29) is 17.4 Å². The smallest absolute Gasteiger partial charge is 0.251 e. The quantitative estimate of drug-likeness (QED) is 0.732. The molecular formula is C18H17Br2NO. The Hall–Kier alpha value is -1.13. The van der Waals surface area contributed by atoms with Crippen LogP contribution in [0.25, 0.3) is 0 Å². The van der Waals surface area contributed by atoms with Crippen LogP contribution in [-0.2, 0) is 5.41 Å². The Morgan fingerprint density at radius 3 is 2.36 bits per heavy atom. The van der Waals surface area contributed by atoms with Gasteiger partial charge in [-0.3, -0.25) is 4.79 Å². The van der Waals surface area contributed by atoms with E-state index < -0.39 is 0 Å². The topological polar surface area (TPSA) is 29.1 Å². The summed E-state index contributed by atoms with van der Waals surface area (Å²) in [5.74, 6) is -0.0165. The summed E-state index contributed by atoms with van der Waals surface area (Å²) in [5.41, 5.74) is 2.08. The van der Waals surface area contributed by atoms with E-state index in [0.717, 1.165) is 21.8 Å². The third kappa shape index (κ3) is 3.13. The number of nitrogens with one attached hydrogen (secondary N) is 1. The van der Waals surface area contributed by atoms with Crippen LogP contribution in [-0.4, -0.2) is 11.9 Å². The summed E-state index contributed by atoms with van der Waals surface area (Å²) in [7, 11) is 0. The van der Waals surface area contributed by atoms with E-state index >= 15 is 0 Å². The summed E-state index contributed by atoms with van der Waals surface area (Å²) >= 11 is 6.88. The van der Waals surface area contributed by atoms with E-state index in [1.807, 2.05) is 24.3 Å². The zero-order chi connectivity index (χ0) is 15.7. The lowest BCUT2D eigenvalue weighted by atomic mass is 9.89. The monoisotopic (exact) mass is 421 g/mol. The first-order valence-electron chi connectivity index (χ1n) is 7.34. The lowest BCUT2D eigenvalue weighted by molar-refractivity contribution is 0.0932.